The fourth-order valence-corrected chi connectivity index (χ4v) is 3.23. The molecule has 3 heterocycles. The van der Waals surface area contributed by atoms with E-state index in [2.05, 4.69) is 15.0 Å². The van der Waals surface area contributed by atoms with Crippen LogP contribution < -0.4 is 5.56 Å². The summed E-state index contributed by atoms with van der Waals surface area (Å²) in [5.41, 5.74) is 2.31. The molecule has 1 unspecified atom stereocenters. The highest BCUT2D eigenvalue weighted by atomic mass is 32.1. The number of aliphatic hydroxyl groups is 1. The summed E-state index contributed by atoms with van der Waals surface area (Å²) in [7, 11) is 0. The van der Waals surface area contributed by atoms with Gasteiger partial charge in [0.1, 0.15) is 5.51 Å². The van der Waals surface area contributed by atoms with Gasteiger partial charge >= 0.3 is 0 Å². The molecule has 0 bridgehead atoms. The number of aliphatic hydroxyl groups excluding tert-OH is 1. The van der Waals surface area contributed by atoms with Gasteiger partial charge in [-0.05, 0) is 25.3 Å². The maximum absolute atomic E-state index is 11.8. The molecule has 0 spiro atoms. The third-order valence-corrected chi connectivity index (χ3v) is 4.21. The van der Waals surface area contributed by atoms with E-state index in [-0.39, 0.29) is 12.2 Å². The van der Waals surface area contributed by atoms with Crippen LogP contribution >= 0.6 is 11.3 Å². The highest BCUT2D eigenvalue weighted by molar-refractivity contribution is 7.14. The van der Waals surface area contributed by atoms with Gasteiger partial charge in [-0.3, -0.25) is 9.69 Å². The molecule has 0 radical (unpaired) electrons. The highest BCUT2D eigenvalue weighted by Crippen LogP contribution is 2.20. The second-order valence-corrected chi connectivity index (χ2v) is 5.73. The van der Waals surface area contributed by atoms with E-state index in [1.807, 2.05) is 0 Å². The molecule has 0 aromatic carbocycles. The first-order valence-corrected chi connectivity index (χ1v) is 7.30. The zero-order valence-electron chi connectivity index (χ0n) is 10.5. The Hall–Kier alpha value is -1.31. The number of likely N-dealkylation sites (tertiary alicyclic amines) is 1. The van der Waals surface area contributed by atoms with E-state index in [1.165, 1.54) is 15.9 Å². The van der Waals surface area contributed by atoms with Crippen molar-refractivity contribution >= 4 is 16.3 Å². The SMILES string of the molecule is O=c1cc(CN2CCC(CCO)C2)nc2scnn12. The van der Waals surface area contributed by atoms with E-state index in [1.54, 1.807) is 11.6 Å². The Morgan fingerprint density at radius 2 is 2.42 bits per heavy atom. The Labute approximate surface area is 114 Å². The van der Waals surface area contributed by atoms with Crippen LogP contribution in [0.2, 0.25) is 0 Å². The number of nitrogens with zero attached hydrogens (tertiary/aromatic N) is 4. The number of rotatable bonds is 4. The summed E-state index contributed by atoms with van der Waals surface area (Å²) in [5, 5.41) is 12.9. The van der Waals surface area contributed by atoms with Crippen molar-refractivity contribution in [1.82, 2.24) is 19.5 Å². The van der Waals surface area contributed by atoms with Crippen molar-refractivity contribution in [3.63, 3.8) is 0 Å². The van der Waals surface area contributed by atoms with Crippen LogP contribution in [0.25, 0.3) is 4.96 Å². The fraction of sp³-hybridized carbons (Fsp3) is 0.583. The van der Waals surface area contributed by atoms with Crippen LogP contribution in [-0.2, 0) is 6.54 Å². The molecule has 6 nitrogen and oxygen atoms in total. The van der Waals surface area contributed by atoms with Crippen LogP contribution in [0.15, 0.2) is 16.4 Å². The van der Waals surface area contributed by atoms with Gasteiger partial charge in [0.2, 0.25) is 4.96 Å². The Bertz CT molecular complexity index is 623. The number of fused-ring (bicyclic) bond motifs is 1. The molecular formula is C12H16N4O2S. The molecule has 0 saturated carbocycles. The average molecular weight is 280 g/mol. The summed E-state index contributed by atoms with van der Waals surface area (Å²) in [6.45, 7) is 2.94. The molecule has 3 rings (SSSR count). The first-order valence-electron chi connectivity index (χ1n) is 6.42. The molecule has 7 heteroatoms. The van der Waals surface area contributed by atoms with E-state index in [0.717, 1.165) is 31.6 Å². The Morgan fingerprint density at radius 3 is 3.26 bits per heavy atom. The van der Waals surface area contributed by atoms with Crippen LogP contribution in [0, 0.1) is 5.92 Å². The van der Waals surface area contributed by atoms with Crippen LogP contribution in [0.1, 0.15) is 18.5 Å². The minimum absolute atomic E-state index is 0.118. The zero-order valence-corrected chi connectivity index (χ0v) is 11.3. The van der Waals surface area contributed by atoms with Gasteiger partial charge in [-0.25, -0.2) is 4.98 Å². The summed E-state index contributed by atoms with van der Waals surface area (Å²) in [4.78, 5) is 19.2. The predicted octanol–water partition coefficient (Wildman–Crippen LogP) is 0.355. The minimum atomic E-state index is -0.118. The van der Waals surface area contributed by atoms with Crippen molar-refractivity contribution in [2.45, 2.75) is 19.4 Å². The lowest BCUT2D eigenvalue weighted by atomic mass is 10.1. The van der Waals surface area contributed by atoms with Gasteiger partial charge in [-0.1, -0.05) is 11.3 Å². The largest absolute Gasteiger partial charge is 0.396 e. The lowest BCUT2D eigenvalue weighted by molar-refractivity contribution is 0.249. The fourth-order valence-electron chi connectivity index (χ4n) is 2.59. The van der Waals surface area contributed by atoms with E-state index >= 15 is 0 Å². The van der Waals surface area contributed by atoms with E-state index in [9.17, 15) is 4.79 Å². The molecule has 1 N–H and O–H groups in total. The predicted molar refractivity (Wildman–Crippen MR) is 72.2 cm³/mol. The second-order valence-electron chi connectivity index (χ2n) is 4.92. The summed E-state index contributed by atoms with van der Waals surface area (Å²) < 4.78 is 1.33. The Balaban J connectivity index is 1.73. The van der Waals surface area contributed by atoms with Crippen LogP contribution in [0.4, 0.5) is 0 Å². The Morgan fingerprint density at radius 1 is 1.53 bits per heavy atom. The standard InChI is InChI=1S/C12H16N4O2S/c17-4-2-9-1-3-15(6-9)7-10-5-11(18)16-12(14-10)19-8-13-16/h5,8-9,17H,1-4,6-7H2. The molecule has 19 heavy (non-hydrogen) atoms. The third-order valence-electron chi connectivity index (χ3n) is 3.53. The summed E-state index contributed by atoms with van der Waals surface area (Å²) >= 11 is 1.37. The molecule has 0 aliphatic carbocycles. The topological polar surface area (TPSA) is 70.7 Å². The molecule has 0 amide bonds. The van der Waals surface area contributed by atoms with Gasteiger partial charge in [0.25, 0.3) is 5.56 Å². The molecular weight excluding hydrogens is 264 g/mol. The van der Waals surface area contributed by atoms with Crippen molar-refractivity contribution < 1.29 is 5.11 Å². The van der Waals surface area contributed by atoms with Gasteiger partial charge in [0, 0.05) is 25.8 Å². The van der Waals surface area contributed by atoms with Crippen LogP contribution in [0.5, 0.6) is 0 Å². The first kappa shape index (κ1) is 12.7. The molecule has 102 valence electrons. The molecule has 1 fully saturated rings. The molecule has 2 aromatic heterocycles. The normalized spacial score (nSPS) is 20.4. The van der Waals surface area contributed by atoms with Crippen molar-refractivity contribution in [2.75, 3.05) is 19.7 Å². The van der Waals surface area contributed by atoms with Crippen molar-refractivity contribution in [3.05, 3.63) is 27.6 Å². The van der Waals surface area contributed by atoms with E-state index in [4.69, 9.17) is 5.11 Å². The molecule has 1 saturated heterocycles. The lowest BCUT2D eigenvalue weighted by Gasteiger charge is -2.14. The van der Waals surface area contributed by atoms with Gasteiger partial charge in [-0.15, -0.1) is 0 Å². The summed E-state index contributed by atoms with van der Waals surface area (Å²) in [6, 6.07) is 1.56. The van der Waals surface area contributed by atoms with Gasteiger partial charge in [0.05, 0.1) is 5.69 Å². The average Bonchev–Trinajstić information content (AvgIpc) is 2.99. The quantitative estimate of drug-likeness (QED) is 0.875. The van der Waals surface area contributed by atoms with E-state index in [0.29, 0.717) is 17.4 Å². The number of hydrogen-bond acceptors (Lipinski definition) is 6. The van der Waals surface area contributed by atoms with Crippen molar-refractivity contribution in [3.8, 4) is 0 Å². The lowest BCUT2D eigenvalue weighted by Crippen LogP contribution is -2.23. The number of aromatic nitrogens is 3. The van der Waals surface area contributed by atoms with E-state index < -0.39 is 0 Å². The molecule has 2 aromatic rings. The monoisotopic (exact) mass is 280 g/mol. The molecule has 1 atom stereocenters. The van der Waals surface area contributed by atoms with Crippen LogP contribution in [0.3, 0.4) is 0 Å². The van der Waals surface area contributed by atoms with Gasteiger partial charge in [-0.2, -0.15) is 9.61 Å². The van der Waals surface area contributed by atoms with Crippen molar-refractivity contribution in [1.29, 1.82) is 0 Å². The zero-order chi connectivity index (χ0) is 13.2. The highest BCUT2D eigenvalue weighted by Gasteiger charge is 2.22. The maximum atomic E-state index is 11.8. The third kappa shape index (κ3) is 2.68. The van der Waals surface area contributed by atoms with Crippen molar-refractivity contribution in [2.24, 2.45) is 5.92 Å². The molecule has 1 aliphatic heterocycles. The molecule has 1 aliphatic rings. The second kappa shape index (κ2) is 5.36. The number of hydrogen-bond donors (Lipinski definition) is 1. The summed E-state index contributed by atoms with van der Waals surface area (Å²) in [6.07, 6.45) is 1.98. The Kier molecular flexibility index (Phi) is 3.58. The summed E-state index contributed by atoms with van der Waals surface area (Å²) in [5.74, 6) is 0.568. The van der Waals surface area contributed by atoms with Gasteiger partial charge in [0.15, 0.2) is 0 Å². The smallest absolute Gasteiger partial charge is 0.275 e. The maximum Gasteiger partial charge on any atom is 0.275 e. The van der Waals surface area contributed by atoms with Crippen LogP contribution in [-0.4, -0.2) is 44.3 Å². The minimum Gasteiger partial charge on any atom is -0.396 e. The van der Waals surface area contributed by atoms with Gasteiger partial charge < -0.3 is 5.11 Å². The first-order chi connectivity index (χ1) is 9.26.